The second-order valence-corrected chi connectivity index (χ2v) is 5.10. The van der Waals surface area contributed by atoms with Crippen LogP contribution in [0.3, 0.4) is 0 Å². The average Bonchev–Trinajstić information content (AvgIpc) is 3.20. The Hall–Kier alpha value is -1.26. The number of hydrogen-bond donors (Lipinski definition) is 3. The van der Waals surface area contributed by atoms with Crippen LogP contribution in [0.25, 0.3) is 0 Å². The Kier molecular flexibility index (Phi) is 5.95. The molecule has 0 aliphatic heterocycles. The van der Waals surface area contributed by atoms with Gasteiger partial charge < -0.3 is 16.3 Å². The van der Waals surface area contributed by atoms with Crippen molar-refractivity contribution in [3.8, 4) is 0 Å². The molecule has 1 amide bonds. The predicted octanol–water partition coefficient (Wildman–Crippen LogP) is 1.84. The third-order valence-electron chi connectivity index (χ3n) is 3.60. The van der Waals surface area contributed by atoms with Crippen LogP contribution in [0, 0.1) is 11.8 Å². The van der Waals surface area contributed by atoms with Crippen molar-refractivity contribution in [3.05, 3.63) is 0 Å². The molecule has 0 aromatic carbocycles. The highest BCUT2D eigenvalue weighted by Crippen LogP contribution is 2.33. The third kappa shape index (κ3) is 4.20. The smallest absolute Gasteiger partial charge is 0.223 e. The largest absolute Gasteiger partial charge is 0.409 e. The van der Waals surface area contributed by atoms with E-state index in [9.17, 15) is 4.79 Å². The maximum absolute atomic E-state index is 12.1. The first kappa shape index (κ1) is 14.8. The molecular weight excluding hydrogens is 230 g/mol. The molecule has 4 N–H and O–H groups in total. The molecule has 104 valence electrons. The van der Waals surface area contributed by atoms with E-state index in [-0.39, 0.29) is 23.7 Å². The standard InChI is InChI=1S/C13H25N3O2/c1-3-5-6-9(4-2)13(17)15-11(10-7-8-10)12(14)16-18/h9-11,18H,3-8H2,1-2H3,(H2,14,16)(H,15,17). The summed E-state index contributed by atoms with van der Waals surface area (Å²) in [5.41, 5.74) is 5.63. The first-order valence-corrected chi connectivity index (χ1v) is 6.91. The number of nitrogens with one attached hydrogen (secondary N) is 1. The molecule has 1 rings (SSSR count). The van der Waals surface area contributed by atoms with E-state index in [2.05, 4.69) is 17.4 Å². The molecule has 0 radical (unpaired) electrons. The zero-order valence-electron chi connectivity index (χ0n) is 11.4. The molecule has 5 heteroatoms. The molecule has 2 atom stereocenters. The second-order valence-electron chi connectivity index (χ2n) is 5.10. The van der Waals surface area contributed by atoms with Crippen LogP contribution in [-0.2, 0) is 4.79 Å². The quantitative estimate of drug-likeness (QED) is 0.268. The SMILES string of the molecule is CCCCC(CC)C(=O)NC(C(N)=NO)C1CC1. The number of oxime groups is 1. The van der Waals surface area contributed by atoms with E-state index in [1.807, 2.05) is 6.92 Å². The Labute approximate surface area is 109 Å². The highest BCUT2D eigenvalue weighted by atomic mass is 16.4. The van der Waals surface area contributed by atoms with Gasteiger partial charge in [-0.25, -0.2) is 0 Å². The lowest BCUT2D eigenvalue weighted by atomic mass is 9.97. The second kappa shape index (κ2) is 7.24. The first-order valence-electron chi connectivity index (χ1n) is 6.91. The van der Waals surface area contributed by atoms with Crippen molar-refractivity contribution in [2.24, 2.45) is 22.7 Å². The van der Waals surface area contributed by atoms with Gasteiger partial charge in [-0.1, -0.05) is 31.8 Å². The summed E-state index contributed by atoms with van der Waals surface area (Å²) in [4.78, 5) is 12.1. The number of rotatable bonds is 8. The van der Waals surface area contributed by atoms with E-state index in [4.69, 9.17) is 10.9 Å². The van der Waals surface area contributed by atoms with Crippen LogP contribution < -0.4 is 11.1 Å². The van der Waals surface area contributed by atoms with Crippen molar-refractivity contribution in [1.82, 2.24) is 5.32 Å². The molecule has 18 heavy (non-hydrogen) atoms. The van der Waals surface area contributed by atoms with Crippen LogP contribution in [0.15, 0.2) is 5.16 Å². The fourth-order valence-corrected chi connectivity index (χ4v) is 2.17. The molecule has 0 bridgehead atoms. The van der Waals surface area contributed by atoms with E-state index in [0.717, 1.165) is 38.5 Å². The molecule has 2 unspecified atom stereocenters. The minimum absolute atomic E-state index is 0.0365. The minimum atomic E-state index is -0.293. The van der Waals surface area contributed by atoms with E-state index in [1.165, 1.54) is 0 Å². The van der Waals surface area contributed by atoms with Crippen LogP contribution in [0.1, 0.15) is 52.4 Å². The van der Waals surface area contributed by atoms with Crippen molar-refractivity contribution in [2.45, 2.75) is 58.4 Å². The molecule has 0 heterocycles. The van der Waals surface area contributed by atoms with Gasteiger partial charge >= 0.3 is 0 Å². The zero-order chi connectivity index (χ0) is 13.5. The first-order chi connectivity index (χ1) is 8.63. The number of carbonyl (C=O) groups is 1. The molecule has 0 aromatic heterocycles. The van der Waals surface area contributed by atoms with Gasteiger partial charge in [0, 0.05) is 5.92 Å². The van der Waals surface area contributed by atoms with Gasteiger partial charge in [-0.15, -0.1) is 0 Å². The molecule has 0 aromatic rings. The molecule has 5 nitrogen and oxygen atoms in total. The molecule has 1 aliphatic rings. The molecule has 0 saturated heterocycles. The summed E-state index contributed by atoms with van der Waals surface area (Å²) in [5, 5.41) is 14.7. The number of amides is 1. The predicted molar refractivity (Wildman–Crippen MR) is 71.4 cm³/mol. The van der Waals surface area contributed by atoms with Crippen molar-refractivity contribution in [2.75, 3.05) is 0 Å². The van der Waals surface area contributed by atoms with Crippen LogP contribution in [0.2, 0.25) is 0 Å². The summed E-state index contributed by atoms with van der Waals surface area (Å²) in [6, 6.07) is -0.293. The van der Waals surface area contributed by atoms with E-state index in [1.54, 1.807) is 0 Å². The average molecular weight is 255 g/mol. The maximum Gasteiger partial charge on any atom is 0.223 e. The van der Waals surface area contributed by atoms with E-state index in [0.29, 0.717) is 5.92 Å². The van der Waals surface area contributed by atoms with Gasteiger partial charge in [-0.05, 0) is 31.6 Å². The summed E-state index contributed by atoms with van der Waals surface area (Å²) in [5.74, 6) is 0.539. The van der Waals surface area contributed by atoms with Crippen LogP contribution in [-0.4, -0.2) is 23.0 Å². The Bertz CT molecular complexity index is 301. The summed E-state index contributed by atoms with van der Waals surface area (Å²) < 4.78 is 0. The Morgan fingerprint density at radius 1 is 1.50 bits per heavy atom. The monoisotopic (exact) mass is 255 g/mol. The number of unbranched alkanes of at least 4 members (excludes halogenated alkanes) is 1. The van der Waals surface area contributed by atoms with Gasteiger partial charge in [-0.2, -0.15) is 0 Å². The maximum atomic E-state index is 12.1. The molecule has 0 spiro atoms. The highest BCUT2D eigenvalue weighted by molar-refractivity contribution is 5.91. The summed E-state index contributed by atoms with van der Waals surface area (Å²) >= 11 is 0. The van der Waals surface area contributed by atoms with Crippen molar-refractivity contribution < 1.29 is 10.0 Å². The molecule has 1 fully saturated rings. The molecule has 1 aliphatic carbocycles. The third-order valence-corrected chi connectivity index (χ3v) is 3.60. The van der Waals surface area contributed by atoms with Crippen LogP contribution >= 0.6 is 0 Å². The minimum Gasteiger partial charge on any atom is -0.409 e. The number of nitrogens with zero attached hydrogens (tertiary/aromatic N) is 1. The topological polar surface area (TPSA) is 87.7 Å². The van der Waals surface area contributed by atoms with Gasteiger partial charge in [0.05, 0.1) is 6.04 Å². The van der Waals surface area contributed by atoms with E-state index >= 15 is 0 Å². The fourth-order valence-electron chi connectivity index (χ4n) is 2.17. The number of carbonyl (C=O) groups excluding carboxylic acids is 1. The summed E-state index contributed by atoms with van der Waals surface area (Å²) in [6.45, 7) is 4.14. The Morgan fingerprint density at radius 2 is 2.17 bits per heavy atom. The van der Waals surface area contributed by atoms with Crippen molar-refractivity contribution >= 4 is 11.7 Å². The lowest BCUT2D eigenvalue weighted by molar-refractivity contribution is -0.125. The fraction of sp³-hybridized carbons (Fsp3) is 0.846. The summed E-state index contributed by atoms with van der Waals surface area (Å²) in [6.07, 6.45) is 5.96. The highest BCUT2D eigenvalue weighted by Gasteiger charge is 2.36. The van der Waals surface area contributed by atoms with E-state index < -0.39 is 0 Å². The van der Waals surface area contributed by atoms with Gasteiger partial charge in [0.1, 0.15) is 0 Å². The lowest BCUT2D eigenvalue weighted by Gasteiger charge is -2.21. The Morgan fingerprint density at radius 3 is 2.61 bits per heavy atom. The van der Waals surface area contributed by atoms with Gasteiger partial charge in [0.25, 0.3) is 0 Å². The van der Waals surface area contributed by atoms with Crippen LogP contribution in [0.4, 0.5) is 0 Å². The Balaban J connectivity index is 2.53. The number of amidine groups is 1. The number of nitrogens with two attached hydrogens (primary N) is 1. The normalized spacial score (nSPS) is 19.3. The zero-order valence-corrected chi connectivity index (χ0v) is 11.4. The van der Waals surface area contributed by atoms with Crippen LogP contribution in [0.5, 0.6) is 0 Å². The van der Waals surface area contributed by atoms with Crippen molar-refractivity contribution in [3.63, 3.8) is 0 Å². The molecular formula is C13H25N3O2. The number of hydrogen-bond acceptors (Lipinski definition) is 3. The van der Waals surface area contributed by atoms with Gasteiger partial charge in [0.15, 0.2) is 5.84 Å². The van der Waals surface area contributed by atoms with Gasteiger partial charge in [-0.3, -0.25) is 4.79 Å². The van der Waals surface area contributed by atoms with Gasteiger partial charge in [0.2, 0.25) is 5.91 Å². The summed E-state index contributed by atoms with van der Waals surface area (Å²) in [7, 11) is 0. The molecule has 1 saturated carbocycles. The lowest BCUT2D eigenvalue weighted by Crippen LogP contribution is -2.48. The van der Waals surface area contributed by atoms with Crippen molar-refractivity contribution in [1.29, 1.82) is 0 Å².